The minimum absolute atomic E-state index is 0.131. The van der Waals surface area contributed by atoms with E-state index in [0.717, 1.165) is 5.56 Å². The Labute approximate surface area is 158 Å². The second-order valence-corrected chi connectivity index (χ2v) is 6.36. The Hall–Kier alpha value is -2.36. The summed E-state index contributed by atoms with van der Waals surface area (Å²) in [4.78, 5) is 12.4. The second kappa shape index (κ2) is 8.15. The van der Waals surface area contributed by atoms with Gasteiger partial charge in [-0.15, -0.1) is 0 Å². The van der Waals surface area contributed by atoms with E-state index >= 15 is 0 Å². The van der Waals surface area contributed by atoms with Crippen molar-refractivity contribution in [3.63, 3.8) is 0 Å². The van der Waals surface area contributed by atoms with Crippen molar-refractivity contribution in [1.29, 1.82) is 5.26 Å². The number of ether oxygens (including phenoxy) is 1. The number of anilines is 1. The molecule has 2 aromatic rings. The number of methoxy groups -OCH3 is 1. The van der Waals surface area contributed by atoms with Gasteiger partial charge in [-0.2, -0.15) is 5.26 Å². The standard InChI is InChI=1S/C18H13BrClFN2O2/c1-10-5-16(17(25-2)8-14(10)20)23-18(24)12(9-22)6-11-3-4-15(21)13(19)7-11/h3-8H,1-2H3,(H,23,24)/b12-6+. The molecule has 0 fully saturated rings. The molecule has 2 aromatic carbocycles. The van der Waals surface area contributed by atoms with Gasteiger partial charge in [0.05, 0.1) is 17.3 Å². The molecule has 0 atom stereocenters. The third-order valence-corrected chi connectivity index (χ3v) is 4.36. The van der Waals surface area contributed by atoms with Gasteiger partial charge in [0.2, 0.25) is 0 Å². The first-order chi connectivity index (χ1) is 11.8. The van der Waals surface area contributed by atoms with E-state index in [-0.39, 0.29) is 10.0 Å². The summed E-state index contributed by atoms with van der Waals surface area (Å²) in [5, 5.41) is 12.4. The zero-order chi connectivity index (χ0) is 18.6. The van der Waals surface area contributed by atoms with Crippen LogP contribution in [0, 0.1) is 24.1 Å². The summed E-state index contributed by atoms with van der Waals surface area (Å²) in [6.07, 6.45) is 1.37. The molecule has 0 heterocycles. The lowest BCUT2D eigenvalue weighted by atomic mass is 10.1. The number of carbonyl (C=O) groups is 1. The minimum Gasteiger partial charge on any atom is -0.495 e. The summed E-state index contributed by atoms with van der Waals surface area (Å²) in [7, 11) is 1.45. The summed E-state index contributed by atoms with van der Waals surface area (Å²) >= 11 is 9.10. The van der Waals surface area contributed by atoms with Crippen LogP contribution in [0.5, 0.6) is 5.75 Å². The number of aryl methyl sites for hydroxylation is 1. The molecule has 0 saturated carbocycles. The van der Waals surface area contributed by atoms with Gasteiger partial charge in [-0.05, 0) is 58.3 Å². The maximum absolute atomic E-state index is 13.3. The van der Waals surface area contributed by atoms with Crippen molar-refractivity contribution in [2.75, 3.05) is 12.4 Å². The quantitative estimate of drug-likeness (QED) is 0.549. The summed E-state index contributed by atoms with van der Waals surface area (Å²) < 4.78 is 18.7. The molecule has 1 amide bonds. The third kappa shape index (κ3) is 4.59. The summed E-state index contributed by atoms with van der Waals surface area (Å²) in [5.41, 5.74) is 1.53. The second-order valence-electron chi connectivity index (χ2n) is 5.10. The van der Waals surface area contributed by atoms with E-state index in [2.05, 4.69) is 21.2 Å². The van der Waals surface area contributed by atoms with Crippen LogP contribution < -0.4 is 10.1 Å². The van der Waals surface area contributed by atoms with Gasteiger partial charge in [0.25, 0.3) is 5.91 Å². The number of nitrogens with zero attached hydrogens (tertiary/aromatic N) is 1. The Balaban J connectivity index is 2.32. The fraction of sp³-hybridized carbons (Fsp3) is 0.111. The van der Waals surface area contributed by atoms with Gasteiger partial charge in [-0.1, -0.05) is 17.7 Å². The van der Waals surface area contributed by atoms with Crippen molar-refractivity contribution in [1.82, 2.24) is 0 Å². The summed E-state index contributed by atoms with van der Waals surface area (Å²) in [5.74, 6) is -0.657. The van der Waals surface area contributed by atoms with Gasteiger partial charge in [-0.25, -0.2) is 4.39 Å². The van der Waals surface area contributed by atoms with E-state index in [9.17, 15) is 14.4 Å². The van der Waals surface area contributed by atoms with E-state index in [1.165, 1.54) is 31.4 Å². The molecule has 0 unspecified atom stereocenters. The van der Waals surface area contributed by atoms with E-state index in [1.807, 2.05) is 6.07 Å². The average Bonchev–Trinajstić information content (AvgIpc) is 2.58. The van der Waals surface area contributed by atoms with Gasteiger partial charge in [0.15, 0.2) is 0 Å². The Bertz CT molecular complexity index is 907. The van der Waals surface area contributed by atoms with Crippen LogP contribution in [0.2, 0.25) is 5.02 Å². The van der Waals surface area contributed by atoms with Crippen molar-refractivity contribution in [2.24, 2.45) is 0 Å². The van der Waals surface area contributed by atoms with Crippen molar-refractivity contribution >= 4 is 45.2 Å². The number of amides is 1. The molecule has 0 aliphatic carbocycles. The molecule has 1 N–H and O–H groups in total. The third-order valence-electron chi connectivity index (χ3n) is 3.35. The first-order valence-electron chi connectivity index (χ1n) is 7.08. The number of carbonyl (C=O) groups excluding carboxylic acids is 1. The Kier molecular flexibility index (Phi) is 6.18. The SMILES string of the molecule is COc1cc(Cl)c(C)cc1NC(=O)/C(C#N)=C/c1ccc(F)c(Br)c1. The normalized spacial score (nSPS) is 11.0. The first kappa shape index (κ1) is 19.0. The molecule has 128 valence electrons. The van der Waals surface area contributed by atoms with Crippen LogP contribution >= 0.6 is 27.5 Å². The van der Waals surface area contributed by atoms with E-state index < -0.39 is 11.7 Å². The van der Waals surface area contributed by atoms with Gasteiger partial charge in [-0.3, -0.25) is 4.79 Å². The lowest BCUT2D eigenvalue weighted by Gasteiger charge is -2.12. The zero-order valence-electron chi connectivity index (χ0n) is 13.4. The smallest absolute Gasteiger partial charge is 0.266 e. The lowest BCUT2D eigenvalue weighted by Crippen LogP contribution is -2.14. The summed E-state index contributed by atoms with van der Waals surface area (Å²) in [6.45, 7) is 1.79. The van der Waals surface area contributed by atoms with Crippen molar-refractivity contribution < 1.29 is 13.9 Å². The molecule has 0 saturated heterocycles. The van der Waals surface area contributed by atoms with Gasteiger partial charge >= 0.3 is 0 Å². The largest absolute Gasteiger partial charge is 0.495 e. The highest BCUT2D eigenvalue weighted by Gasteiger charge is 2.14. The van der Waals surface area contributed by atoms with E-state index in [0.29, 0.717) is 22.0 Å². The molecule has 0 bridgehead atoms. The highest BCUT2D eigenvalue weighted by Crippen LogP contribution is 2.31. The molecule has 0 radical (unpaired) electrons. The summed E-state index contributed by atoms with van der Waals surface area (Å²) in [6, 6.07) is 9.27. The van der Waals surface area contributed by atoms with Crippen LogP contribution in [-0.2, 0) is 4.79 Å². The average molecular weight is 424 g/mol. The number of hydrogen-bond acceptors (Lipinski definition) is 3. The maximum atomic E-state index is 13.3. The molecule has 25 heavy (non-hydrogen) atoms. The molecule has 0 aromatic heterocycles. The van der Waals surface area contributed by atoms with Crippen molar-refractivity contribution in [2.45, 2.75) is 6.92 Å². The number of hydrogen-bond donors (Lipinski definition) is 1. The molecule has 2 rings (SSSR count). The van der Waals surface area contributed by atoms with Crippen molar-refractivity contribution in [3.05, 3.63) is 62.3 Å². The molecular formula is C18H13BrClFN2O2. The zero-order valence-corrected chi connectivity index (χ0v) is 15.7. The number of benzene rings is 2. The predicted octanol–water partition coefficient (Wildman–Crippen LogP) is 5.10. The number of halogens is 3. The molecular weight excluding hydrogens is 411 g/mol. The van der Waals surface area contributed by atoms with Crippen LogP contribution in [0.15, 0.2) is 40.4 Å². The van der Waals surface area contributed by atoms with Crippen LogP contribution in [-0.4, -0.2) is 13.0 Å². The minimum atomic E-state index is -0.608. The Morgan fingerprint density at radius 1 is 1.40 bits per heavy atom. The Morgan fingerprint density at radius 3 is 2.72 bits per heavy atom. The molecule has 0 aliphatic heterocycles. The molecule has 0 aliphatic rings. The monoisotopic (exact) mass is 422 g/mol. The fourth-order valence-corrected chi connectivity index (χ4v) is 2.59. The highest BCUT2D eigenvalue weighted by molar-refractivity contribution is 9.10. The number of nitrogens with one attached hydrogen (secondary N) is 1. The first-order valence-corrected chi connectivity index (χ1v) is 8.25. The van der Waals surface area contributed by atoms with E-state index in [4.69, 9.17) is 16.3 Å². The highest BCUT2D eigenvalue weighted by atomic mass is 79.9. The maximum Gasteiger partial charge on any atom is 0.266 e. The van der Waals surface area contributed by atoms with Crippen LogP contribution in [0.1, 0.15) is 11.1 Å². The van der Waals surface area contributed by atoms with Gasteiger partial charge in [0.1, 0.15) is 23.2 Å². The molecule has 0 spiro atoms. The van der Waals surface area contributed by atoms with Gasteiger partial charge < -0.3 is 10.1 Å². The molecule has 7 heteroatoms. The van der Waals surface area contributed by atoms with Gasteiger partial charge in [0, 0.05) is 11.1 Å². The van der Waals surface area contributed by atoms with Crippen LogP contribution in [0.25, 0.3) is 6.08 Å². The van der Waals surface area contributed by atoms with Crippen LogP contribution in [0.3, 0.4) is 0 Å². The molecule has 4 nitrogen and oxygen atoms in total. The number of rotatable bonds is 4. The lowest BCUT2D eigenvalue weighted by molar-refractivity contribution is -0.112. The van der Waals surface area contributed by atoms with Crippen LogP contribution in [0.4, 0.5) is 10.1 Å². The fourth-order valence-electron chi connectivity index (χ4n) is 2.04. The number of nitriles is 1. The topological polar surface area (TPSA) is 62.1 Å². The van der Waals surface area contributed by atoms with Crippen molar-refractivity contribution in [3.8, 4) is 11.8 Å². The predicted molar refractivity (Wildman–Crippen MR) is 99.1 cm³/mol. The van der Waals surface area contributed by atoms with E-state index in [1.54, 1.807) is 19.1 Å². The Morgan fingerprint density at radius 2 is 2.12 bits per heavy atom.